The summed E-state index contributed by atoms with van der Waals surface area (Å²) in [5, 5.41) is 12.4. The third-order valence-corrected chi connectivity index (χ3v) is 4.27. The third-order valence-electron chi connectivity index (χ3n) is 4.27. The molecule has 1 aliphatic rings. The Kier molecular flexibility index (Phi) is 4.46. The van der Waals surface area contributed by atoms with Crippen LogP contribution in [0.2, 0.25) is 0 Å². The molecule has 1 fully saturated rings. The highest BCUT2D eigenvalue weighted by molar-refractivity contribution is 5.23. The Morgan fingerprint density at radius 1 is 1.26 bits per heavy atom. The third kappa shape index (κ3) is 3.43. The standard InChI is InChI=1S/C17H18F3NO2/c1-9-4-12(9)16-3-2-11(23-16)7-21-15(8-22)10-5-13(18)17(20)14(19)6-10/h2-3,5-6,9,12,15,21-22H,4,7-8H2,1H3. The molecule has 3 rings (SSSR count). The SMILES string of the molecule is CC1CC1c1ccc(CNC(CO)c2cc(F)c(F)c(F)c2)o1. The number of halogens is 3. The number of aliphatic hydroxyl groups is 1. The van der Waals surface area contributed by atoms with Gasteiger partial charge in [0.05, 0.1) is 19.2 Å². The normalized spacial score (nSPS) is 21.4. The zero-order valence-corrected chi connectivity index (χ0v) is 12.7. The van der Waals surface area contributed by atoms with Crippen molar-refractivity contribution in [2.45, 2.75) is 31.8 Å². The van der Waals surface area contributed by atoms with E-state index in [0.29, 0.717) is 24.1 Å². The Morgan fingerprint density at radius 2 is 1.91 bits per heavy atom. The van der Waals surface area contributed by atoms with Crippen molar-refractivity contribution in [1.82, 2.24) is 5.32 Å². The first-order chi connectivity index (χ1) is 11.0. The lowest BCUT2D eigenvalue weighted by atomic mass is 10.1. The van der Waals surface area contributed by atoms with Crippen molar-refractivity contribution in [3.05, 3.63) is 58.8 Å². The zero-order valence-electron chi connectivity index (χ0n) is 12.7. The van der Waals surface area contributed by atoms with Crippen molar-refractivity contribution in [2.24, 2.45) is 5.92 Å². The highest BCUT2D eigenvalue weighted by Gasteiger charge is 2.36. The summed E-state index contributed by atoms with van der Waals surface area (Å²) < 4.78 is 45.3. The molecule has 1 aromatic heterocycles. The van der Waals surface area contributed by atoms with Gasteiger partial charge in [-0.25, -0.2) is 13.2 Å². The van der Waals surface area contributed by atoms with Crippen LogP contribution in [0, 0.1) is 23.4 Å². The molecule has 0 saturated heterocycles. The topological polar surface area (TPSA) is 45.4 Å². The van der Waals surface area contributed by atoms with Gasteiger partial charge in [-0.15, -0.1) is 0 Å². The molecule has 3 unspecified atom stereocenters. The number of hydrogen-bond acceptors (Lipinski definition) is 3. The second kappa shape index (κ2) is 6.37. The number of furan rings is 1. The number of aliphatic hydroxyl groups excluding tert-OH is 1. The minimum absolute atomic E-state index is 0.145. The van der Waals surface area contributed by atoms with Crippen molar-refractivity contribution in [2.75, 3.05) is 6.61 Å². The second-order valence-electron chi connectivity index (χ2n) is 6.04. The molecule has 0 radical (unpaired) electrons. The van der Waals surface area contributed by atoms with Crippen LogP contribution in [0.3, 0.4) is 0 Å². The molecule has 2 N–H and O–H groups in total. The molecule has 2 aromatic rings. The Balaban J connectivity index is 1.66. The van der Waals surface area contributed by atoms with Crippen LogP contribution in [0.5, 0.6) is 0 Å². The fourth-order valence-electron chi connectivity index (χ4n) is 2.70. The summed E-state index contributed by atoms with van der Waals surface area (Å²) in [4.78, 5) is 0. The lowest BCUT2D eigenvalue weighted by molar-refractivity contribution is 0.239. The van der Waals surface area contributed by atoms with E-state index in [0.717, 1.165) is 24.3 Å². The summed E-state index contributed by atoms with van der Waals surface area (Å²) in [6.45, 7) is 2.08. The minimum Gasteiger partial charge on any atom is -0.464 e. The van der Waals surface area contributed by atoms with E-state index in [1.807, 2.05) is 12.1 Å². The lowest BCUT2D eigenvalue weighted by Gasteiger charge is -2.16. The van der Waals surface area contributed by atoms with Crippen molar-refractivity contribution in [3.63, 3.8) is 0 Å². The Morgan fingerprint density at radius 3 is 2.48 bits per heavy atom. The van der Waals surface area contributed by atoms with Crippen molar-refractivity contribution in [3.8, 4) is 0 Å². The molecule has 0 amide bonds. The minimum atomic E-state index is -1.51. The Labute approximate surface area is 132 Å². The smallest absolute Gasteiger partial charge is 0.194 e. The van der Waals surface area contributed by atoms with Crippen LogP contribution in [0.25, 0.3) is 0 Å². The van der Waals surface area contributed by atoms with Gasteiger partial charge >= 0.3 is 0 Å². The summed E-state index contributed by atoms with van der Waals surface area (Å²) >= 11 is 0. The van der Waals surface area contributed by atoms with Gasteiger partial charge < -0.3 is 14.8 Å². The first-order valence-corrected chi connectivity index (χ1v) is 7.57. The monoisotopic (exact) mass is 325 g/mol. The quantitative estimate of drug-likeness (QED) is 0.797. The summed E-state index contributed by atoms with van der Waals surface area (Å²) in [6.07, 6.45) is 1.12. The Bertz CT molecular complexity index is 678. The highest BCUT2D eigenvalue weighted by Crippen LogP contribution is 2.47. The average molecular weight is 325 g/mol. The maximum atomic E-state index is 13.3. The number of benzene rings is 1. The average Bonchev–Trinajstić information content (AvgIpc) is 3.07. The van der Waals surface area contributed by atoms with Gasteiger partial charge in [0.25, 0.3) is 0 Å². The maximum absolute atomic E-state index is 13.3. The van der Waals surface area contributed by atoms with E-state index in [1.54, 1.807) is 0 Å². The van der Waals surface area contributed by atoms with Crippen molar-refractivity contribution < 1.29 is 22.7 Å². The van der Waals surface area contributed by atoms with Crippen LogP contribution < -0.4 is 5.32 Å². The van der Waals surface area contributed by atoms with E-state index in [1.165, 1.54) is 0 Å². The van der Waals surface area contributed by atoms with E-state index < -0.39 is 23.5 Å². The first kappa shape index (κ1) is 16.1. The van der Waals surface area contributed by atoms with Gasteiger partial charge in [0, 0.05) is 5.92 Å². The molecular weight excluding hydrogens is 307 g/mol. The second-order valence-corrected chi connectivity index (χ2v) is 6.04. The molecule has 1 saturated carbocycles. The summed E-state index contributed by atoms with van der Waals surface area (Å²) in [6, 6.07) is 4.81. The fourth-order valence-corrected chi connectivity index (χ4v) is 2.70. The van der Waals surface area contributed by atoms with E-state index in [9.17, 15) is 18.3 Å². The van der Waals surface area contributed by atoms with Gasteiger partial charge in [-0.05, 0) is 42.2 Å². The molecular formula is C17H18F3NO2. The summed E-state index contributed by atoms with van der Waals surface area (Å²) in [7, 11) is 0. The fraction of sp³-hybridized carbons (Fsp3) is 0.412. The van der Waals surface area contributed by atoms with Gasteiger partial charge in [-0.1, -0.05) is 6.92 Å². The number of nitrogens with one attached hydrogen (secondary N) is 1. The predicted molar refractivity (Wildman–Crippen MR) is 78.2 cm³/mol. The van der Waals surface area contributed by atoms with E-state index in [4.69, 9.17) is 4.42 Å². The van der Waals surface area contributed by atoms with Crippen molar-refractivity contribution >= 4 is 0 Å². The van der Waals surface area contributed by atoms with Crippen LogP contribution in [-0.2, 0) is 6.54 Å². The molecule has 0 spiro atoms. The van der Waals surface area contributed by atoms with Crippen LogP contribution >= 0.6 is 0 Å². The van der Waals surface area contributed by atoms with Gasteiger partial charge in [0.2, 0.25) is 0 Å². The molecule has 124 valence electrons. The number of rotatable bonds is 6. The van der Waals surface area contributed by atoms with Gasteiger partial charge in [0.1, 0.15) is 11.5 Å². The molecule has 3 atom stereocenters. The molecule has 1 aromatic carbocycles. The molecule has 23 heavy (non-hydrogen) atoms. The van der Waals surface area contributed by atoms with Gasteiger partial charge in [0.15, 0.2) is 17.5 Å². The van der Waals surface area contributed by atoms with Crippen LogP contribution in [0.15, 0.2) is 28.7 Å². The van der Waals surface area contributed by atoms with Crippen LogP contribution in [0.1, 0.15) is 42.4 Å². The Hall–Kier alpha value is -1.79. The largest absolute Gasteiger partial charge is 0.464 e. The van der Waals surface area contributed by atoms with E-state index in [2.05, 4.69) is 12.2 Å². The van der Waals surface area contributed by atoms with Crippen LogP contribution in [-0.4, -0.2) is 11.7 Å². The molecule has 1 heterocycles. The van der Waals surface area contributed by atoms with Crippen LogP contribution in [0.4, 0.5) is 13.2 Å². The number of hydrogen-bond donors (Lipinski definition) is 2. The zero-order chi connectivity index (χ0) is 16.6. The van der Waals surface area contributed by atoms with Gasteiger partial charge in [-0.3, -0.25) is 0 Å². The molecule has 3 nitrogen and oxygen atoms in total. The predicted octanol–water partition coefficient (Wildman–Crippen LogP) is 3.64. The molecule has 6 heteroatoms. The van der Waals surface area contributed by atoms with Crippen molar-refractivity contribution in [1.29, 1.82) is 0 Å². The summed E-state index contributed by atoms with van der Waals surface area (Å²) in [5.74, 6) is -1.34. The lowest BCUT2D eigenvalue weighted by Crippen LogP contribution is -2.24. The van der Waals surface area contributed by atoms with E-state index >= 15 is 0 Å². The molecule has 1 aliphatic carbocycles. The highest BCUT2D eigenvalue weighted by atomic mass is 19.2. The first-order valence-electron chi connectivity index (χ1n) is 7.57. The van der Waals surface area contributed by atoms with Gasteiger partial charge in [-0.2, -0.15) is 0 Å². The molecule has 0 aliphatic heterocycles. The summed E-state index contributed by atoms with van der Waals surface area (Å²) in [5.41, 5.74) is 0.145. The van der Waals surface area contributed by atoms with E-state index in [-0.39, 0.29) is 12.2 Å². The maximum Gasteiger partial charge on any atom is 0.194 e. The molecule has 0 bridgehead atoms.